The zero-order valence-corrected chi connectivity index (χ0v) is 9.62. The third-order valence-electron chi connectivity index (χ3n) is 2.91. The fraction of sp³-hybridized carbons (Fsp3) is 0.357. The third-order valence-corrected chi connectivity index (χ3v) is 2.91. The van der Waals surface area contributed by atoms with E-state index in [2.05, 4.69) is 39.0 Å². The van der Waals surface area contributed by atoms with Gasteiger partial charge in [-0.1, -0.05) is 51.1 Å². The Hall–Kier alpha value is -1.55. The van der Waals surface area contributed by atoms with Gasteiger partial charge in [0.15, 0.2) is 0 Å². The number of nitriles is 1. The van der Waals surface area contributed by atoms with E-state index in [1.165, 1.54) is 0 Å². The molecule has 1 rings (SSSR count). The van der Waals surface area contributed by atoms with Crippen LogP contribution < -0.4 is 0 Å². The van der Waals surface area contributed by atoms with Gasteiger partial charge in [-0.05, 0) is 23.0 Å². The van der Waals surface area contributed by atoms with Crippen molar-refractivity contribution >= 4 is 5.57 Å². The number of rotatable bonds is 3. The highest BCUT2D eigenvalue weighted by Gasteiger charge is 2.21. The van der Waals surface area contributed by atoms with Gasteiger partial charge in [0, 0.05) is 6.08 Å². The number of nitrogens with zero attached hydrogens (tertiary/aromatic N) is 1. The van der Waals surface area contributed by atoms with Gasteiger partial charge in [-0.25, -0.2) is 0 Å². The van der Waals surface area contributed by atoms with Crippen molar-refractivity contribution in [3.05, 3.63) is 42.0 Å². The molecule has 1 heteroatoms. The zero-order chi connectivity index (χ0) is 11.3. The minimum atomic E-state index is 0.0527. The first-order valence-electron chi connectivity index (χ1n) is 5.27. The number of benzene rings is 1. The summed E-state index contributed by atoms with van der Waals surface area (Å²) in [4.78, 5) is 0. The van der Waals surface area contributed by atoms with Gasteiger partial charge in [0.05, 0.1) is 6.07 Å². The van der Waals surface area contributed by atoms with Gasteiger partial charge in [-0.15, -0.1) is 0 Å². The summed E-state index contributed by atoms with van der Waals surface area (Å²) in [5.41, 5.74) is 2.32. The van der Waals surface area contributed by atoms with Crippen molar-refractivity contribution in [1.29, 1.82) is 5.26 Å². The molecule has 0 unspecified atom stereocenters. The number of hydrogen-bond donors (Lipinski definition) is 0. The van der Waals surface area contributed by atoms with E-state index in [1.54, 1.807) is 6.08 Å². The van der Waals surface area contributed by atoms with Crippen molar-refractivity contribution < 1.29 is 0 Å². The van der Waals surface area contributed by atoms with Crippen LogP contribution in [0.25, 0.3) is 5.57 Å². The lowest BCUT2D eigenvalue weighted by Crippen LogP contribution is -2.12. The van der Waals surface area contributed by atoms with Gasteiger partial charge in [0.1, 0.15) is 0 Å². The van der Waals surface area contributed by atoms with Crippen LogP contribution >= 0.6 is 0 Å². The standard InChI is InChI=1S/C14H17N/c1-4-14(2,3)13(10-11-15)12-8-6-5-7-9-12/h5-10H,4H2,1-3H3/b13-10+. The molecule has 78 valence electrons. The second-order valence-electron chi connectivity index (χ2n) is 4.29. The van der Waals surface area contributed by atoms with E-state index in [9.17, 15) is 0 Å². The van der Waals surface area contributed by atoms with Crippen LogP contribution in [0.2, 0.25) is 0 Å². The summed E-state index contributed by atoms with van der Waals surface area (Å²) >= 11 is 0. The molecule has 0 N–H and O–H groups in total. The zero-order valence-electron chi connectivity index (χ0n) is 9.62. The Kier molecular flexibility index (Phi) is 3.68. The van der Waals surface area contributed by atoms with Crippen LogP contribution in [0.4, 0.5) is 0 Å². The second-order valence-corrected chi connectivity index (χ2v) is 4.29. The van der Waals surface area contributed by atoms with Crippen molar-refractivity contribution in [2.75, 3.05) is 0 Å². The quantitative estimate of drug-likeness (QED) is 0.674. The molecule has 0 aliphatic rings. The normalized spacial score (nSPS) is 12.3. The first-order chi connectivity index (χ1) is 7.11. The van der Waals surface area contributed by atoms with Crippen molar-refractivity contribution in [2.24, 2.45) is 5.41 Å². The monoisotopic (exact) mass is 199 g/mol. The fourth-order valence-electron chi connectivity index (χ4n) is 1.54. The lowest BCUT2D eigenvalue weighted by Gasteiger charge is -2.26. The Balaban J connectivity index is 3.18. The lowest BCUT2D eigenvalue weighted by atomic mass is 9.78. The van der Waals surface area contributed by atoms with Crippen molar-refractivity contribution in [2.45, 2.75) is 27.2 Å². The van der Waals surface area contributed by atoms with E-state index in [0.29, 0.717) is 0 Å². The highest BCUT2D eigenvalue weighted by Crippen LogP contribution is 2.36. The van der Waals surface area contributed by atoms with Gasteiger partial charge >= 0.3 is 0 Å². The van der Waals surface area contributed by atoms with Gasteiger partial charge in [0.2, 0.25) is 0 Å². The smallest absolute Gasteiger partial charge is 0.0915 e. The van der Waals surface area contributed by atoms with E-state index in [-0.39, 0.29) is 5.41 Å². The lowest BCUT2D eigenvalue weighted by molar-refractivity contribution is 0.482. The molecular formula is C14H17N. The molecule has 15 heavy (non-hydrogen) atoms. The molecule has 0 aliphatic heterocycles. The highest BCUT2D eigenvalue weighted by molar-refractivity contribution is 5.71. The van der Waals surface area contributed by atoms with E-state index in [1.807, 2.05) is 18.2 Å². The molecule has 0 aliphatic carbocycles. The molecule has 0 spiro atoms. The summed E-state index contributed by atoms with van der Waals surface area (Å²) in [6.45, 7) is 6.49. The van der Waals surface area contributed by atoms with E-state index in [4.69, 9.17) is 5.26 Å². The molecule has 0 radical (unpaired) electrons. The molecular weight excluding hydrogens is 182 g/mol. The largest absolute Gasteiger partial charge is 0.193 e. The van der Waals surface area contributed by atoms with Gasteiger partial charge in [-0.2, -0.15) is 5.26 Å². The van der Waals surface area contributed by atoms with E-state index in [0.717, 1.165) is 17.6 Å². The van der Waals surface area contributed by atoms with Crippen LogP contribution in [0.3, 0.4) is 0 Å². The Morgan fingerprint density at radius 1 is 1.33 bits per heavy atom. The molecule has 0 fully saturated rings. The molecule has 1 aromatic carbocycles. The molecule has 1 nitrogen and oxygen atoms in total. The van der Waals surface area contributed by atoms with Gasteiger partial charge < -0.3 is 0 Å². The van der Waals surface area contributed by atoms with Crippen LogP contribution in [-0.2, 0) is 0 Å². The maximum absolute atomic E-state index is 8.83. The molecule has 0 bridgehead atoms. The van der Waals surface area contributed by atoms with Crippen LogP contribution in [0.1, 0.15) is 32.8 Å². The van der Waals surface area contributed by atoms with Crippen LogP contribution in [0.5, 0.6) is 0 Å². The molecule has 0 amide bonds. The second kappa shape index (κ2) is 4.79. The minimum Gasteiger partial charge on any atom is -0.193 e. The first-order valence-corrected chi connectivity index (χ1v) is 5.27. The Labute approximate surface area is 92.1 Å². The molecule has 0 heterocycles. The molecule has 0 atom stereocenters. The van der Waals surface area contributed by atoms with Crippen molar-refractivity contribution in [1.82, 2.24) is 0 Å². The summed E-state index contributed by atoms with van der Waals surface area (Å²) in [5, 5.41) is 8.83. The minimum absolute atomic E-state index is 0.0527. The van der Waals surface area contributed by atoms with Gasteiger partial charge in [-0.3, -0.25) is 0 Å². The molecule has 0 aromatic heterocycles. The Morgan fingerprint density at radius 2 is 1.93 bits per heavy atom. The molecule has 0 saturated heterocycles. The Bertz CT molecular complexity index is 380. The van der Waals surface area contributed by atoms with Crippen LogP contribution in [0, 0.1) is 16.7 Å². The summed E-state index contributed by atoms with van der Waals surface area (Å²) in [6, 6.07) is 12.3. The van der Waals surface area contributed by atoms with E-state index >= 15 is 0 Å². The van der Waals surface area contributed by atoms with Crippen molar-refractivity contribution in [3.63, 3.8) is 0 Å². The molecule has 0 saturated carbocycles. The topological polar surface area (TPSA) is 23.8 Å². The summed E-state index contributed by atoms with van der Waals surface area (Å²) in [6.07, 6.45) is 2.69. The van der Waals surface area contributed by atoms with Crippen LogP contribution in [0.15, 0.2) is 36.4 Å². The van der Waals surface area contributed by atoms with Crippen molar-refractivity contribution in [3.8, 4) is 6.07 Å². The Morgan fingerprint density at radius 3 is 2.40 bits per heavy atom. The average molecular weight is 199 g/mol. The predicted octanol–water partition coefficient (Wildman–Crippen LogP) is 4.03. The summed E-state index contributed by atoms with van der Waals surface area (Å²) in [5.74, 6) is 0. The molecule has 1 aromatic rings. The third kappa shape index (κ3) is 2.70. The summed E-state index contributed by atoms with van der Waals surface area (Å²) in [7, 11) is 0. The SMILES string of the molecule is CCC(C)(C)/C(=C/C#N)c1ccccc1. The number of allylic oxidation sites excluding steroid dienone is 2. The van der Waals surface area contributed by atoms with E-state index < -0.39 is 0 Å². The van der Waals surface area contributed by atoms with Gasteiger partial charge in [0.25, 0.3) is 0 Å². The average Bonchev–Trinajstić information content (AvgIpc) is 2.27. The maximum atomic E-state index is 8.83. The first kappa shape index (κ1) is 11.5. The number of hydrogen-bond acceptors (Lipinski definition) is 1. The maximum Gasteiger partial charge on any atom is 0.0915 e. The summed E-state index contributed by atoms with van der Waals surface area (Å²) < 4.78 is 0. The highest BCUT2D eigenvalue weighted by atomic mass is 14.3. The predicted molar refractivity (Wildman–Crippen MR) is 64.1 cm³/mol. The van der Waals surface area contributed by atoms with Crippen LogP contribution in [-0.4, -0.2) is 0 Å². The fourth-order valence-corrected chi connectivity index (χ4v) is 1.54.